The number of carbonyl (C=O) groups is 1. The van der Waals surface area contributed by atoms with Crippen LogP contribution in [0.1, 0.15) is 28.9 Å². The topological polar surface area (TPSA) is 64.4 Å². The maximum atomic E-state index is 13.1. The summed E-state index contributed by atoms with van der Waals surface area (Å²) < 4.78 is 7.06. The van der Waals surface area contributed by atoms with Crippen molar-refractivity contribution in [2.45, 2.75) is 25.9 Å². The normalized spacial score (nSPS) is 23.1. The van der Waals surface area contributed by atoms with Gasteiger partial charge in [0.1, 0.15) is 0 Å². The molecule has 5 rings (SSSR count). The maximum absolute atomic E-state index is 13.1. The first-order valence-corrected chi connectivity index (χ1v) is 10.5. The third-order valence-electron chi connectivity index (χ3n) is 6.66. The lowest BCUT2D eigenvalue weighted by Crippen LogP contribution is -2.48. The van der Waals surface area contributed by atoms with Crippen molar-refractivity contribution in [3.63, 3.8) is 0 Å². The first-order valence-electron chi connectivity index (χ1n) is 10.5. The van der Waals surface area contributed by atoms with E-state index in [-0.39, 0.29) is 17.6 Å². The minimum atomic E-state index is -0.159. The highest BCUT2D eigenvalue weighted by Crippen LogP contribution is 2.39. The molecule has 1 unspecified atom stereocenters. The molecule has 1 aromatic heterocycles. The van der Waals surface area contributed by atoms with Crippen molar-refractivity contribution >= 4 is 16.7 Å². The van der Waals surface area contributed by atoms with Crippen LogP contribution < -0.4 is 5.56 Å². The number of amides is 1. The first kappa shape index (κ1) is 19.0. The molecule has 30 heavy (non-hydrogen) atoms. The molecule has 0 spiro atoms. The molecule has 1 aliphatic heterocycles. The van der Waals surface area contributed by atoms with Crippen LogP contribution >= 0.6 is 0 Å². The van der Waals surface area contributed by atoms with E-state index in [9.17, 15) is 9.59 Å². The maximum Gasteiger partial charge on any atom is 0.279 e. The smallest absolute Gasteiger partial charge is 0.279 e. The second-order valence-corrected chi connectivity index (χ2v) is 8.40. The zero-order valence-electron chi connectivity index (χ0n) is 17.2. The predicted molar refractivity (Wildman–Crippen MR) is 115 cm³/mol. The predicted octanol–water partition coefficient (Wildman–Crippen LogP) is 3.19. The number of rotatable bonds is 3. The molecule has 6 heteroatoms. The molecule has 3 aromatic rings. The number of aryl methyl sites for hydroxylation is 1. The summed E-state index contributed by atoms with van der Waals surface area (Å²) in [5, 5.41) is 5.98. The van der Waals surface area contributed by atoms with Crippen molar-refractivity contribution in [1.82, 2.24) is 14.7 Å². The molecule has 2 aliphatic rings. The highest BCUT2D eigenvalue weighted by Gasteiger charge is 2.43. The largest absolute Gasteiger partial charge is 0.381 e. The van der Waals surface area contributed by atoms with Gasteiger partial charge in [-0.25, -0.2) is 0 Å². The van der Waals surface area contributed by atoms with Crippen LogP contribution in [-0.2, 0) is 4.74 Å². The Bertz CT molecular complexity index is 1150. The second-order valence-electron chi connectivity index (χ2n) is 8.40. The zero-order chi connectivity index (χ0) is 20.8. The standard InChI is InChI=1S/C24H25N3O3/c1-15-20-5-3-4-6-21(20)24(29)27(25-15)19-11-9-16(10-12-19)23(28)26-13-17-7-8-18(14-26)22(17)30-2/h3-6,9-12,17-18,22H,7-8,13-14H2,1-2H3/t17-,18+,22?. The Morgan fingerprint density at radius 2 is 1.63 bits per heavy atom. The van der Waals surface area contributed by atoms with Crippen molar-refractivity contribution < 1.29 is 9.53 Å². The minimum absolute atomic E-state index is 0.0444. The minimum Gasteiger partial charge on any atom is -0.381 e. The fourth-order valence-electron chi connectivity index (χ4n) is 5.17. The van der Waals surface area contributed by atoms with Crippen molar-refractivity contribution in [3.8, 4) is 5.69 Å². The molecule has 6 nitrogen and oxygen atoms in total. The van der Waals surface area contributed by atoms with Gasteiger partial charge in [-0.2, -0.15) is 9.78 Å². The number of piperidine rings is 1. The van der Waals surface area contributed by atoms with Gasteiger partial charge in [-0.1, -0.05) is 18.2 Å². The van der Waals surface area contributed by atoms with E-state index in [1.54, 1.807) is 31.4 Å². The van der Waals surface area contributed by atoms with Gasteiger partial charge in [0, 0.05) is 43.0 Å². The summed E-state index contributed by atoms with van der Waals surface area (Å²) in [5.74, 6) is 0.906. The Morgan fingerprint density at radius 1 is 1.00 bits per heavy atom. The molecule has 1 amide bonds. The van der Waals surface area contributed by atoms with Gasteiger partial charge in [-0.3, -0.25) is 9.59 Å². The summed E-state index contributed by atoms with van der Waals surface area (Å²) in [7, 11) is 1.77. The van der Waals surface area contributed by atoms with Crippen LogP contribution in [0.25, 0.3) is 16.5 Å². The molecule has 1 saturated carbocycles. The molecule has 2 bridgehead atoms. The molecule has 2 heterocycles. The van der Waals surface area contributed by atoms with Crippen molar-refractivity contribution in [2.24, 2.45) is 11.8 Å². The van der Waals surface area contributed by atoms with Gasteiger partial charge < -0.3 is 9.64 Å². The Kier molecular flexibility index (Phi) is 4.66. The van der Waals surface area contributed by atoms with Crippen molar-refractivity contribution in [1.29, 1.82) is 0 Å². The average molecular weight is 403 g/mol. The number of carbonyl (C=O) groups excluding carboxylic acids is 1. The highest BCUT2D eigenvalue weighted by molar-refractivity contribution is 5.94. The van der Waals surface area contributed by atoms with Gasteiger partial charge >= 0.3 is 0 Å². The molecule has 0 radical (unpaired) electrons. The Hall–Kier alpha value is -2.99. The van der Waals surface area contributed by atoms with Gasteiger partial charge in [0.2, 0.25) is 0 Å². The number of hydrogen-bond acceptors (Lipinski definition) is 4. The van der Waals surface area contributed by atoms with Crippen LogP contribution in [0.2, 0.25) is 0 Å². The average Bonchev–Trinajstić information content (AvgIpc) is 3.03. The molecular formula is C24H25N3O3. The quantitative estimate of drug-likeness (QED) is 0.674. The van der Waals surface area contributed by atoms with Crippen molar-refractivity contribution in [2.75, 3.05) is 20.2 Å². The van der Waals surface area contributed by atoms with Crippen LogP contribution in [0.4, 0.5) is 0 Å². The first-order chi connectivity index (χ1) is 14.6. The van der Waals surface area contributed by atoms with Crippen LogP contribution in [0.3, 0.4) is 0 Å². The van der Waals surface area contributed by atoms with E-state index >= 15 is 0 Å². The van der Waals surface area contributed by atoms with E-state index < -0.39 is 0 Å². The summed E-state index contributed by atoms with van der Waals surface area (Å²) in [6.07, 6.45) is 2.54. The fourth-order valence-corrected chi connectivity index (χ4v) is 5.17. The molecule has 2 aromatic carbocycles. The lowest BCUT2D eigenvalue weighted by atomic mass is 9.94. The summed E-state index contributed by atoms with van der Waals surface area (Å²) in [5.41, 5.74) is 1.93. The Balaban J connectivity index is 1.42. The van der Waals surface area contributed by atoms with E-state index in [2.05, 4.69) is 5.10 Å². The number of benzene rings is 2. The highest BCUT2D eigenvalue weighted by atomic mass is 16.5. The molecular weight excluding hydrogens is 378 g/mol. The molecule has 0 N–H and O–H groups in total. The number of aromatic nitrogens is 2. The zero-order valence-corrected chi connectivity index (χ0v) is 17.2. The number of methoxy groups -OCH3 is 1. The van der Waals surface area contributed by atoms with Crippen LogP contribution in [0.15, 0.2) is 53.3 Å². The van der Waals surface area contributed by atoms with Crippen LogP contribution in [0, 0.1) is 18.8 Å². The third kappa shape index (κ3) is 3.03. The SMILES string of the molecule is COC1[C@@H]2CC[C@H]1CN(C(=O)c1ccc(-n3nc(C)c4ccccc4c3=O)cc1)C2. The summed E-state index contributed by atoms with van der Waals surface area (Å²) in [4.78, 5) is 27.9. The van der Waals surface area contributed by atoms with Crippen LogP contribution in [0.5, 0.6) is 0 Å². The van der Waals surface area contributed by atoms with Crippen LogP contribution in [-0.4, -0.2) is 46.9 Å². The Morgan fingerprint density at radius 3 is 2.27 bits per heavy atom. The number of likely N-dealkylation sites (tertiary alicyclic amines) is 1. The lowest BCUT2D eigenvalue weighted by Gasteiger charge is -2.37. The number of hydrogen-bond donors (Lipinski definition) is 0. The summed E-state index contributed by atoms with van der Waals surface area (Å²) >= 11 is 0. The van der Waals surface area contributed by atoms with Gasteiger partial charge in [-0.05, 0) is 50.1 Å². The third-order valence-corrected chi connectivity index (χ3v) is 6.66. The number of nitrogens with zero attached hydrogens (tertiary/aromatic N) is 3. The molecule has 3 atom stereocenters. The van der Waals surface area contributed by atoms with E-state index in [1.165, 1.54) is 4.68 Å². The van der Waals surface area contributed by atoms with Gasteiger partial charge in [0.15, 0.2) is 0 Å². The lowest BCUT2D eigenvalue weighted by molar-refractivity contribution is -0.0113. The summed E-state index contributed by atoms with van der Waals surface area (Å²) in [6, 6.07) is 14.7. The van der Waals surface area contributed by atoms with Gasteiger partial charge in [0.25, 0.3) is 11.5 Å². The second kappa shape index (κ2) is 7.36. The fraction of sp³-hybridized carbons (Fsp3) is 0.375. The molecule has 2 fully saturated rings. The molecule has 1 aliphatic carbocycles. The number of ether oxygens (including phenoxy) is 1. The molecule has 154 valence electrons. The Labute approximate surface area is 175 Å². The van der Waals surface area contributed by atoms with E-state index in [4.69, 9.17) is 4.74 Å². The monoisotopic (exact) mass is 403 g/mol. The van der Waals surface area contributed by atoms with Gasteiger partial charge in [0.05, 0.1) is 22.9 Å². The number of fused-ring (bicyclic) bond motifs is 3. The van der Waals surface area contributed by atoms with E-state index in [0.29, 0.717) is 28.5 Å². The van der Waals surface area contributed by atoms with Crippen molar-refractivity contribution in [3.05, 3.63) is 70.1 Å². The van der Waals surface area contributed by atoms with Gasteiger partial charge in [-0.15, -0.1) is 0 Å². The molecule has 1 saturated heterocycles. The van der Waals surface area contributed by atoms with E-state index in [0.717, 1.165) is 37.0 Å². The summed E-state index contributed by atoms with van der Waals surface area (Å²) in [6.45, 7) is 3.40. The van der Waals surface area contributed by atoms with E-state index in [1.807, 2.05) is 36.1 Å².